The molecule has 0 amide bonds. The largest absolute Gasteiger partial charge is 0.456 e. The highest BCUT2D eigenvalue weighted by molar-refractivity contribution is 7.99. The van der Waals surface area contributed by atoms with Gasteiger partial charge in [-0.05, 0) is 36.4 Å². The molecule has 3 rings (SSSR count). The lowest BCUT2D eigenvalue weighted by Gasteiger charge is -2.02. The maximum atomic E-state index is 12.8. The number of hydrogen-bond donors (Lipinski definition) is 0. The van der Waals surface area contributed by atoms with Gasteiger partial charge in [0.2, 0.25) is 5.82 Å². The van der Waals surface area contributed by atoms with Crippen molar-refractivity contribution in [2.45, 2.75) is 17.9 Å². The van der Waals surface area contributed by atoms with Gasteiger partial charge in [-0.2, -0.15) is 4.98 Å². The van der Waals surface area contributed by atoms with Crippen LogP contribution in [0.2, 0.25) is 5.02 Å². The van der Waals surface area contributed by atoms with Gasteiger partial charge in [0.25, 0.3) is 5.89 Å². The maximum absolute atomic E-state index is 12.8. The molecule has 5 nitrogen and oxygen atoms in total. The number of hydrogen-bond acceptors (Lipinski definition) is 6. The molecule has 1 heterocycles. The van der Waals surface area contributed by atoms with Crippen molar-refractivity contribution in [2.75, 3.05) is 5.75 Å². The lowest BCUT2D eigenvalue weighted by Crippen LogP contribution is -2.05. The molecule has 0 aliphatic rings. The average molecular weight is 393 g/mol. The summed E-state index contributed by atoms with van der Waals surface area (Å²) in [6.07, 6.45) is 0.220. The summed E-state index contributed by atoms with van der Waals surface area (Å²) in [5, 5.41) is 4.41. The zero-order valence-corrected chi connectivity index (χ0v) is 15.1. The van der Waals surface area contributed by atoms with Gasteiger partial charge in [-0.25, -0.2) is 4.39 Å². The minimum absolute atomic E-state index is 0.0897. The molecule has 0 fully saturated rings. The molecule has 8 heteroatoms. The van der Waals surface area contributed by atoms with E-state index in [1.165, 1.54) is 23.9 Å². The molecule has 1 aromatic heterocycles. The van der Waals surface area contributed by atoms with Crippen molar-refractivity contribution in [1.29, 1.82) is 0 Å². The highest BCUT2D eigenvalue weighted by atomic mass is 35.5. The molecule has 3 aromatic rings. The van der Waals surface area contributed by atoms with Gasteiger partial charge in [-0.15, -0.1) is 11.8 Å². The minimum atomic E-state index is -0.373. The molecule has 0 unspecified atom stereocenters. The first-order valence-electron chi connectivity index (χ1n) is 7.73. The molecule has 0 aliphatic carbocycles. The van der Waals surface area contributed by atoms with E-state index in [1.807, 2.05) is 0 Å². The molecule has 2 aromatic carbocycles. The Labute approximate surface area is 158 Å². The molecule has 0 saturated heterocycles. The normalized spacial score (nSPS) is 10.7. The number of esters is 1. The van der Waals surface area contributed by atoms with E-state index in [9.17, 15) is 9.18 Å². The Hall–Kier alpha value is -2.38. The van der Waals surface area contributed by atoms with Crippen LogP contribution in [0.25, 0.3) is 11.4 Å². The first-order valence-corrected chi connectivity index (χ1v) is 9.09. The van der Waals surface area contributed by atoms with Gasteiger partial charge < -0.3 is 9.26 Å². The van der Waals surface area contributed by atoms with Crippen LogP contribution < -0.4 is 0 Å². The van der Waals surface area contributed by atoms with Crippen LogP contribution >= 0.6 is 23.4 Å². The van der Waals surface area contributed by atoms with Crippen molar-refractivity contribution in [3.8, 4) is 11.4 Å². The highest BCUT2D eigenvalue weighted by Gasteiger charge is 2.11. The van der Waals surface area contributed by atoms with Gasteiger partial charge in [-0.3, -0.25) is 4.79 Å². The van der Waals surface area contributed by atoms with Crippen molar-refractivity contribution in [1.82, 2.24) is 10.1 Å². The summed E-state index contributed by atoms with van der Waals surface area (Å²) in [7, 11) is 0. The number of benzene rings is 2. The van der Waals surface area contributed by atoms with E-state index in [0.29, 0.717) is 16.6 Å². The van der Waals surface area contributed by atoms with Crippen LogP contribution in [0, 0.1) is 5.82 Å². The van der Waals surface area contributed by atoms with Gasteiger partial charge in [0, 0.05) is 21.2 Å². The molecule has 26 heavy (non-hydrogen) atoms. The quantitative estimate of drug-likeness (QED) is 0.427. The zero-order chi connectivity index (χ0) is 18.4. The summed E-state index contributed by atoms with van der Waals surface area (Å²) in [4.78, 5) is 16.8. The Bertz CT molecular complexity index is 886. The Balaban J connectivity index is 1.44. The lowest BCUT2D eigenvalue weighted by atomic mass is 10.2. The number of nitrogens with zero attached hydrogens (tertiary/aromatic N) is 2. The molecule has 134 valence electrons. The summed E-state index contributed by atoms with van der Waals surface area (Å²) in [5.41, 5.74) is 0.717. The second kappa shape index (κ2) is 8.82. The third-order valence-corrected chi connectivity index (χ3v) is 4.54. The number of halogens is 2. The number of ether oxygens (including phenoxy) is 1. The molecular weight excluding hydrogens is 379 g/mol. The molecule has 0 radical (unpaired) electrons. The summed E-state index contributed by atoms with van der Waals surface area (Å²) >= 11 is 7.38. The number of thioether (sulfide) groups is 1. The summed E-state index contributed by atoms with van der Waals surface area (Å²) in [5.74, 6) is 0.458. The van der Waals surface area contributed by atoms with Crippen molar-refractivity contribution in [2.24, 2.45) is 0 Å². The van der Waals surface area contributed by atoms with Crippen LogP contribution in [0.5, 0.6) is 0 Å². The Morgan fingerprint density at radius 2 is 2.04 bits per heavy atom. The smallest absolute Gasteiger partial charge is 0.307 e. The van der Waals surface area contributed by atoms with Gasteiger partial charge in [0.15, 0.2) is 6.61 Å². The zero-order valence-electron chi connectivity index (χ0n) is 13.5. The summed E-state index contributed by atoms with van der Waals surface area (Å²) in [6.45, 7) is -0.0897. The van der Waals surface area contributed by atoms with E-state index in [1.54, 1.807) is 36.4 Å². The number of aromatic nitrogens is 2. The molecule has 0 atom stereocenters. The van der Waals surface area contributed by atoms with E-state index in [4.69, 9.17) is 20.9 Å². The number of carbonyl (C=O) groups excluding carboxylic acids is 1. The van der Waals surface area contributed by atoms with Crippen molar-refractivity contribution < 1.29 is 18.4 Å². The standard InChI is InChI=1S/C18H14ClFN2O3S/c19-13-3-1-2-12(10-13)18-21-16(25-22-18)11-24-17(23)8-9-26-15-6-4-14(20)5-7-15/h1-7,10H,8-9,11H2. The Kier molecular flexibility index (Phi) is 6.25. The fourth-order valence-corrected chi connectivity index (χ4v) is 3.08. The van der Waals surface area contributed by atoms with E-state index < -0.39 is 0 Å². The maximum Gasteiger partial charge on any atom is 0.307 e. The second-order valence-electron chi connectivity index (χ2n) is 5.24. The van der Waals surface area contributed by atoms with Crippen LogP contribution in [-0.2, 0) is 16.1 Å². The highest BCUT2D eigenvalue weighted by Crippen LogP contribution is 2.21. The third kappa shape index (κ3) is 5.31. The predicted molar refractivity (Wildman–Crippen MR) is 96.3 cm³/mol. The Morgan fingerprint density at radius 1 is 1.23 bits per heavy atom. The van der Waals surface area contributed by atoms with Crippen LogP contribution in [0.15, 0.2) is 57.9 Å². The SMILES string of the molecule is O=C(CCSc1ccc(F)cc1)OCc1nc(-c2cccc(Cl)c2)no1. The Morgan fingerprint density at radius 3 is 2.81 bits per heavy atom. The lowest BCUT2D eigenvalue weighted by molar-refractivity contribution is -0.145. The fraction of sp³-hybridized carbons (Fsp3) is 0.167. The number of carbonyl (C=O) groups is 1. The topological polar surface area (TPSA) is 65.2 Å². The predicted octanol–water partition coefficient (Wildman–Crippen LogP) is 4.75. The number of rotatable bonds is 7. The van der Waals surface area contributed by atoms with Crippen molar-refractivity contribution in [3.05, 3.63) is 65.3 Å². The van der Waals surface area contributed by atoms with Crippen LogP contribution in [0.4, 0.5) is 4.39 Å². The van der Waals surface area contributed by atoms with Gasteiger partial charge in [0.05, 0.1) is 6.42 Å². The van der Waals surface area contributed by atoms with Gasteiger partial charge >= 0.3 is 5.97 Å². The third-order valence-electron chi connectivity index (χ3n) is 3.30. The molecule has 0 saturated carbocycles. The monoisotopic (exact) mass is 392 g/mol. The summed E-state index contributed by atoms with van der Waals surface area (Å²) < 4.78 is 23.0. The summed E-state index contributed by atoms with van der Waals surface area (Å²) in [6, 6.07) is 13.2. The minimum Gasteiger partial charge on any atom is -0.456 e. The van der Waals surface area contributed by atoms with Crippen LogP contribution in [0.1, 0.15) is 12.3 Å². The van der Waals surface area contributed by atoms with E-state index in [0.717, 1.165) is 10.5 Å². The molecule has 0 bridgehead atoms. The molecule has 0 aliphatic heterocycles. The molecular formula is C18H14ClFN2O3S. The molecule has 0 spiro atoms. The molecule has 0 N–H and O–H groups in total. The fourth-order valence-electron chi connectivity index (χ4n) is 2.06. The van der Waals surface area contributed by atoms with Crippen molar-refractivity contribution >= 4 is 29.3 Å². The van der Waals surface area contributed by atoms with Crippen LogP contribution in [-0.4, -0.2) is 21.9 Å². The first-order chi connectivity index (χ1) is 12.6. The van der Waals surface area contributed by atoms with Gasteiger partial charge in [-0.1, -0.05) is 28.9 Å². The van der Waals surface area contributed by atoms with E-state index in [2.05, 4.69) is 10.1 Å². The van der Waals surface area contributed by atoms with E-state index >= 15 is 0 Å². The van der Waals surface area contributed by atoms with Crippen LogP contribution in [0.3, 0.4) is 0 Å². The second-order valence-corrected chi connectivity index (χ2v) is 6.84. The first kappa shape index (κ1) is 18.4. The average Bonchev–Trinajstić information content (AvgIpc) is 3.11. The van der Waals surface area contributed by atoms with E-state index in [-0.39, 0.29) is 30.7 Å². The van der Waals surface area contributed by atoms with Crippen molar-refractivity contribution in [3.63, 3.8) is 0 Å². The van der Waals surface area contributed by atoms with Gasteiger partial charge in [0.1, 0.15) is 5.82 Å².